The number of benzene rings is 1. The maximum atomic E-state index is 12.3. The molecule has 2 heterocycles. The second-order valence-electron chi connectivity index (χ2n) is 5.97. The molecule has 10 heteroatoms. The van der Waals surface area contributed by atoms with E-state index in [1.54, 1.807) is 32.6 Å². The van der Waals surface area contributed by atoms with Crippen LogP contribution in [0, 0.1) is 0 Å². The summed E-state index contributed by atoms with van der Waals surface area (Å²) in [4.78, 5) is 16.4. The van der Waals surface area contributed by atoms with Crippen LogP contribution in [-0.4, -0.2) is 45.6 Å². The number of hydrogen-bond donors (Lipinski definition) is 1. The smallest absolute Gasteiger partial charge is 0.236 e. The van der Waals surface area contributed by atoms with Crippen LogP contribution in [0.15, 0.2) is 58.8 Å². The zero-order valence-corrected chi connectivity index (χ0v) is 18.9. The first-order valence-corrected chi connectivity index (χ1v) is 10.6. The first-order valence-electron chi connectivity index (χ1n) is 8.86. The van der Waals surface area contributed by atoms with Gasteiger partial charge in [-0.1, -0.05) is 17.8 Å². The molecule has 0 fully saturated rings. The van der Waals surface area contributed by atoms with Gasteiger partial charge in [-0.25, -0.2) is 4.98 Å². The molecule has 0 unspecified atom stereocenters. The van der Waals surface area contributed by atoms with Crippen molar-refractivity contribution in [3.05, 3.63) is 53.7 Å². The second-order valence-corrected chi connectivity index (χ2v) is 7.83. The average molecular weight is 490 g/mol. The van der Waals surface area contributed by atoms with Crippen LogP contribution in [0.25, 0.3) is 11.4 Å². The molecule has 0 aliphatic rings. The number of methoxy groups -OCH3 is 2. The van der Waals surface area contributed by atoms with Crippen LogP contribution in [0.5, 0.6) is 11.5 Å². The van der Waals surface area contributed by atoms with E-state index < -0.39 is 0 Å². The number of pyridine rings is 1. The van der Waals surface area contributed by atoms with Crippen molar-refractivity contribution in [3.63, 3.8) is 0 Å². The third-order valence-corrected chi connectivity index (χ3v) is 5.43. The first kappa shape index (κ1) is 21.8. The number of anilines is 1. The van der Waals surface area contributed by atoms with Crippen LogP contribution < -0.4 is 14.8 Å². The maximum absolute atomic E-state index is 12.3. The zero-order chi connectivity index (χ0) is 21.5. The minimum atomic E-state index is -0.185. The quantitative estimate of drug-likeness (QED) is 0.358. The van der Waals surface area contributed by atoms with Crippen LogP contribution >= 0.6 is 27.7 Å². The molecule has 0 aliphatic heterocycles. The number of halogens is 1. The van der Waals surface area contributed by atoms with Gasteiger partial charge in [-0.2, -0.15) is 0 Å². The molecule has 8 nitrogen and oxygen atoms in total. The Labute approximate surface area is 186 Å². The summed E-state index contributed by atoms with van der Waals surface area (Å²) in [5.74, 6) is 2.34. The average Bonchev–Trinajstić information content (AvgIpc) is 3.16. The number of aromatic nitrogens is 4. The number of amides is 1. The zero-order valence-electron chi connectivity index (χ0n) is 16.5. The predicted octanol–water partition coefficient (Wildman–Crippen LogP) is 4.04. The Morgan fingerprint density at radius 1 is 1.23 bits per heavy atom. The van der Waals surface area contributed by atoms with E-state index in [4.69, 9.17) is 9.47 Å². The van der Waals surface area contributed by atoms with Gasteiger partial charge in [-0.05, 0) is 46.3 Å². The number of carbonyl (C=O) groups is 1. The summed E-state index contributed by atoms with van der Waals surface area (Å²) >= 11 is 4.60. The van der Waals surface area contributed by atoms with Crippen molar-refractivity contribution >= 4 is 39.4 Å². The minimum absolute atomic E-state index is 0.166. The molecule has 0 radical (unpaired) electrons. The molecule has 0 aliphatic carbocycles. The lowest BCUT2D eigenvalue weighted by molar-refractivity contribution is -0.113. The summed E-state index contributed by atoms with van der Waals surface area (Å²) in [5, 5.41) is 11.9. The standard InChI is InChI=1S/C20H20BrN5O3S/c1-4-9-26-19(13-5-7-15(28-2)16(10-13)29-3)24-25-20(26)30-12-18(27)23-17-8-6-14(21)11-22-17/h4-8,10-11H,1,9,12H2,2-3H3,(H,22,23,27). The van der Waals surface area contributed by atoms with Crippen LogP contribution in [0.1, 0.15) is 0 Å². The van der Waals surface area contributed by atoms with Crippen LogP contribution in [-0.2, 0) is 11.3 Å². The summed E-state index contributed by atoms with van der Waals surface area (Å²) in [6, 6.07) is 9.06. The summed E-state index contributed by atoms with van der Waals surface area (Å²) in [7, 11) is 3.16. The van der Waals surface area contributed by atoms with Gasteiger partial charge in [0.25, 0.3) is 0 Å². The monoisotopic (exact) mass is 489 g/mol. The Morgan fingerprint density at radius 2 is 2.03 bits per heavy atom. The molecule has 3 aromatic rings. The molecule has 1 N–H and O–H groups in total. The first-order chi connectivity index (χ1) is 14.5. The number of nitrogens with zero attached hydrogens (tertiary/aromatic N) is 4. The SMILES string of the molecule is C=CCn1c(SCC(=O)Nc2ccc(Br)cn2)nnc1-c1ccc(OC)c(OC)c1. The fraction of sp³-hybridized carbons (Fsp3) is 0.200. The summed E-state index contributed by atoms with van der Waals surface area (Å²) < 4.78 is 13.4. The van der Waals surface area contributed by atoms with E-state index in [1.807, 2.05) is 28.8 Å². The van der Waals surface area contributed by atoms with Crippen molar-refractivity contribution in [1.29, 1.82) is 0 Å². The van der Waals surface area contributed by atoms with Gasteiger partial charge < -0.3 is 14.8 Å². The van der Waals surface area contributed by atoms with Gasteiger partial charge in [0.2, 0.25) is 5.91 Å². The van der Waals surface area contributed by atoms with Crippen LogP contribution in [0.4, 0.5) is 5.82 Å². The van der Waals surface area contributed by atoms with Gasteiger partial charge in [-0.15, -0.1) is 16.8 Å². The van der Waals surface area contributed by atoms with Crippen molar-refractivity contribution in [3.8, 4) is 22.9 Å². The lowest BCUT2D eigenvalue weighted by atomic mass is 10.2. The number of carbonyl (C=O) groups excluding carboxylic acids is 1. The summed E-state index contributed by atoms with van der Waals surface area (Å²) in [5.41, 5.74) is 0.817. The normalized spacial score (nSPS) is 10.5. The highest BCUT2D eigenvalue weighted by Crippen LogP contribution is 2.33. The summed E-state index contributed by atoms with van der Waals surface area (Å²) in [6.45, 7) is 4.30. The van der Waals surface area contributed by atoms with Gasteiger partial charge in [-0.3, -0.25) is 9.36 Å². The Bertz CT molecular complexity index is 1040. The van der Waals surface area contributed by atoms with Crippen molar-refractivity contribution in [2.24, 2.45) is 0 Å². The van der Waals surface area contributed by atoms with E-state index in [0.29, 0.717) is 34.8 Å². The third kappa shape index (κ3) is 5.19. The van der Waals surface area contributed by atoms with Gasteiger partial charge in [0.05, 0.1) is 20.0 Å². The molecule has 0 saturated heterocycles. The third-order valence-electron chi connectivity index (χ3n) is 4.00. The van der Waals surface area contributed by atoms with Crippen molar-refractivity contribution in [1.82, 2.24) is 19.7 Å². The van der Waals surface area contributed by atoms with E-state index in [9.17, 15) is 4.79 Å². The highest BCUT2D eigenvalue weighted by atomic mass is 79.9. The molecule has 156 valence electrons. The highest BCUT2D eigenvalue weighted by Gasteiger charge is 2.17. The number of hydrogen-bond acceptors (Lipinski definition) is 7. The van der Waals surface area contributed by atoms with E-state index >= 15 is 0 Å². The molecular weight excluding hydrogens is 470 g/mol. The topological polar surface area (TPSA) is 91.2 Å². The molecule has 0 atom stereocenters. The lowest BCUT2D eigenvalue weighted by Gasteiger charge is -2.11. The number of allylic oxidation sites excluding steroid dienone is 1. The highest BCUT2D eigenvalue weighted by molar-refractivity contribution is 9.10. The Kier molecular flexibility index (Phi) is 7.47. The largest absolute Gasteiger partial charge is 0.493 e. The van der Waals surface area contributed by atoms with E-state index in [0.717, 1.165) is 10.0 Å². The van der Waals surface area contributed by atoms with Crippen LogP contribution in [0.2, 0.25) is 0 Å². The summed E-state index contributed by atoms with van der Waals surface area (Å²) in [6.07, 6.45) is 3.38. The Hall–Kier alpha value is -2.85. The Balaban J connectivity index is 1.76. The van der Waals surface area contributed by atoms with E-state index in [1.165, 1.54) is 11.8 Å². The predicted molar refractivity (Wildman–Crippen MR) is 120 cm³/mol. The molecule has 3 rings (SSSR count). The van der Waals surface area contributed by atoms with Crippen LogP contribution in [0.3, 0.4) is 0 Å². The molecule has 30 heavy (non-hydrogen) atoms. The number of nitrogens with one attached hydrogen (secondary N) is 1. The molecule has 0 saturated carbocycles. The molecular formula is C20H20BrN5O3S. The molecule has 2 aromatic heterocycles. The Morgan fingerprint density at radius 3 is 2.70 bits per heavy atom. The number of ether oxygens (including phenoxy) is 2. The fourth-order valence-electron chi connectivity index (χ4n) is 2.64. The maximum Gasteiger partial charge on any atom is 0.236 e. The van der Waals surface area contributed by atoms with Crippen molar-refractivity contribution < 1.29 is 14.3 Å². The number of thioether (sulfide) groups is 1. The number of rotatable bonds is 9. The van der Waals surface area contributed by atoms with Gasteiger partial charge >= 0.3 is 0 Å². The fourth-order valence-corrected chi connectivity index (χ4v) is 3.62. The molecule has 1 aromatic carbocycles. The molecule has 0 spiro atoms. The van der Waals surface area contributed by atoms with Crippen molar-refractivity contribution in [2.75, 3.05) is 25.3 Å². The molecule has 1 amide bonds. The molecule has 0 bridgehead atoms. The second kappa shape index (κ2) is 10.3. The van der Waals surface area contributed by atoms with Gasteiger partial charge in [0, 0.05) is 22.8 Å². The van der Waals surface area contributed by atoms with E-state index in [-0.39, 0.29) is 11.7 Å². The van der Waals surface area contributed by atoms with Crippen molar-refractivity contribution in [2.45, 2.75) is 11.7 Å². The lowest BCUT2D eigenvalue weighted by Crippen LogP contribution is -2.15. The van der Waals surface area contributed by atoms with E-state index in [2.05, 4.69) is 43.0 Å². The van der Waals surface area contributed by atoms with Gasteiger partial charge in [0.1, 0.15) is 5.82 Å². The minimum Gasteiger partial charge on any atom is -0.493 e. The van der Waals surface area contributed by atoms with Gasteiger partial charge in [0.15, 0.2) is 22.5 Å².